The first kappa shape index (κ1) is 32.2. The molecule has 1 aliphatic rings. The molecule has 3 nitrogen and oxygen atoms in total. The molecule has 8 aromatic rings. The summed E-state index contributed by atoms with van der Waals surface area (Å²) in [7, 11) is 0. The van der Waals surface area contributed by atoms with Gasteiger partial charge in [-0.05, 0) is 59.7 Å². The van der Waals surface area contributed by atoms with Crippen LogP contribution in [0.5, 0.6) is 0 Å². The Balaban J connectivity index is 0.000000203. The van der Waals surface area contributed by atoms with E-state index in [1.165, 1.54) is 43.6 Å². The Bertz CT molecular complexity index is 2370. The topological polar surface area (TPSA) is 38.7 Å². The smallest absolute Gasteiger partial charge is 0.0763 e. The molecular formula is C42H31IrN3S2-2. The van der Waals surface area contributed by atoms with Crippen LogP contribution in [0.4, 0.5) is 0 Å². The summed E-state index contributed by atoms with van der Waals surface area (Å²) in [6.07, 6.45) is 0. The van der Waals surface area contributed by atoms with Gasteiger partial charge in [-0.15, -0.1) is 34.7 Å². The second-order valence-corrected chi connectivity index (χ2v) is 14.4. The number of nitrogens with zero attached hydrogens (tertiary/aromatic N) is 3. The number of thiophene rings is 1. The van der Waals surface area contributed by atoms with Crippen molar-refractivity contribution in [3.63, 3.8) is 0 Å². The van der Waals surface area contributed by atoms with Gasteiger partial charge in [-0.3, -0.25) is 15.0 Å². The maximum Gasteiger partial charge on any atom is 0.0763 e. The van der Waals surface area contributed by atoms with Crippen molar-refractivity contribution in [1.29, 1.82) is 0 Å². The molecule has 1 radical (unpaired) electrons. The third-order valence-electron chi connectivity index (χ3n) is 9.03. The van der Waals surface area contributed by atoms with Crippen LogP contribution in [0.25, 0.3) is 64.8 Å². The summed E-state index contributed by atoms with van der Waals surface area (Å²) >= 11 is 3.41. The van der Waals surface area contributed by atoms with Crippen LogP contribution in [0, 0.1) is 26.0 Å². The number of fused-ring (bicyclic) bond motifs is 5. The summed E-state index contributed by atoms with van der Waals surface area (Å²) in [5.74, 6) is 0.719. The number of para-hydroxylation sites is 2. The van der Waals surface area contributed by atoms with Crippen LogP contribution in [0.3, 0.4) is 0 Å². The van der Waals surface area contributed by atoms with Crippen LogP contribution >= 0.6 is 22.7 Å². The number of aromatic nitrogens is 3. The average molecular weight is 834 g/mol. The van der Waals surface area contributed by atoms with Gasteiger partial charge in [-0.1, -0.05) is 97.1 Å². The molecular weight excluding hydrogens is 803 g/mol. The van der Waals surface area contributed by atoms with E-state index in [0.29, 0.717) is 0 Å². The van der Waals surface area contributed by atoms with Gasteiger partial charge in [0, 0.05) is 40.8 Å². The molecule has 1 aliphatic carbocycles. The minimum absolute atomic E-state index is 0. The van der Waals surface area contributed by atoms with Crippen LogP contribution < -0.4 is 0 Å². The zero-order valence-corrected chi connectivity index (χ0v) is 31.0. The third-order valence-corrected chi connectivity index (χ3v) is 11.0. The molecule has 0 aliphatic heterocycles. The normalized spacial score (nSPS) is 12.6. The Morgan fingerprint density at radius 1 is 0.688 bits per heavy atom. The maximum absolute atomic E-state index is 5.14. The van der Waals surface area contributed by atoms with Gasteiger partial charge in [0.2, 0.25) is 0 Å². The zero-order valence-electron chi connectivity index (χ0n) is 27.0. The first-order valence-corrected chi connectivity index (χ1v) is 17.4. The predicted molar refractivity (Wildman–Crippen MR) is 198 cm³/mol. The van der Waals surface area contributed by atoms with Crippen molar-refractivity contribution in [3.8, 4) is 43.7 Å². The molecule has 6 heteroatoms. The maximum atomic E-state index is 5.14. The molecule has 237 valence electrons. The number of hydrogen-bond acceptors (Lipinski definition) is 5. The minimum atomic E-state index is -0.0331. The van der Waals surface area contributed by atoms with E-state index in [9.17, 15) is 0 Å². The van der Waals surface area contributed by atoms with E-state index < -0.39 is 0 Å². The summed E-state index contributed by atoms with van der Waals surface area (Å²) in [6.45, 7) is 8.88. The van der Waals surface area contributed by atoms with Crippen LogP contribution in [0.1, 0.15) is 36.1 Å². The van der Waals surface area contributed by atoms with Crippen molar-refractivity contribution in [3.05, 3.63) is 149 Å². The van der Waals surface area contributed by atoms with Gasteiger partial charge in [0.1, 0.15) is 0 Å². The monoisotopic (exact) mass is 834 g/mol. The first-order valence-electron chi connectivity index (χ1n) is 15.7. The summed E-state index contributed by atoms with van der Waals surface area (Å²) in [5.41, 5.74) is 12.8. The Labute approximate surface area is 302 Å². The molecule has 0 spiro atoms. The van der Waals surface area contributed by atoms with Crippen molar-refractivity contribution in [1.82, 2.24) is 15.0 Å². The standard InChI is InChI=1S/C31H25N2.C11H6NS2.Ir/c1-19-10-9-11-20(2)28(19)29-23-13-6-8-15-27(23)32-30(33-29)21-16-17-26-24(18-21)22-12-5-7-14-25(22)31(26,3)4;1-2-5-9-8(4-1)12-11(14-9)10-6-3-7-13-10;/h5-15,17-18H,1-4H3;1-5,7H;/q2*-1;. The molecule has 3 aromatic heterocycles. The second kappa shape index (κ2) is 12.9. The van der Waals surface area contributed by atoms with E-state index >= 15 is 0 Å². The van der Waals surface area contributed by atoms with E-state index in [1.807, 2.05) is 35.7 Å². The quantitative estimate of drug-likeness (QED) is 0.166. The van der Waals surface area contributed by atoms with E-state index in [1.54, 1.807) is 22.7 Å². The van der Waals surface area contributed by atoms with Crippen LogP contribution in [0.15, 0.2) is 115 Å². The Kier molecular flexibility index (Phi) is 8.69. The summed E-state index contributed by atoms with van der Waals surface area (Å²) in [4.78, 5) is 15.8. The zero-order chi connectivity index (χ0) is 32.1. The van der Waals surface area contributed by atoms with Crippen molar-refractivity contribution in [2.45, 2.75) is 33.1 Å². The predicted octanol–water partition coefficient (Wildman–Crippen LogP) is 11.5. The molecule has 0 N–H and O–H groups in total. The number of thiazole rings is 1. The fourth-order valence-electron chi connectivity index (χ4n) is 6.67. The minimum Gasteiger partial charge on any atom is -0.299 e. The van der Waals surface area contributed by atoms with Crippen molar-refractivity contribution in [2.24, 2.45) is 0 Å². The molecule has 0 bridgehead atoms. The van der Waals surface area contributed by atoms with Gasteiger partial charge in [0.25, 0.3) is 0 Å². The van der Waals surface area contributed by atoms with Gasteiger partial charge < -0.3 is 0 Å². The molecule has 0 amide bonds. The van der Waals surface area contributed by atoms with Crippen LogP contribution in [0.2, 0.25) is 0 Å². The van der Waals surface area contributed by atoms with Crippen molar-refractivity contribution in [2.75, 3.05) is 0 Å². The van der Waals surface area contributed by atoms with Gasteiger partial charge in [-0.2, -0.15) is 23.5 Å². The Morgan fingerprint density at radius 3 is 2.19 bits per heavy atom. The number of hydrogen-bond donors (Lipinski definition) is 0. The fourth-order valence-corrected chi connectivity index (χ4v) is 8.36. The molecule has 48 heavy (non-hydrogen) atoms. The van der Waals surface area contributed by atoms with E-state index in [-0.39, 0.29) is 25.5 Å². The molecule has 0 atom stereocenters. The number of rotatable bonds is 3. The first-order chi connectivity index (χ1) is 22.9. The van der Waals surface area contributed by atoms with Crippen LogP contribution in [-0.2, 0) is 25.5 Å². The van der Waals surface area contributed by atoms with E-state index in [2.05, 4.69) is 124 Å². The summed E-state index contributed by atoms with van der Waals surface area (Å²) in [5, 5.41) is 4.17. The molecule has 0 saturated heterocycles. The van der Waals surface area contributed by atoms with Gasteiger partial charge in [-0.25, -0.2) is 11.3 Å². The SMILES string of the molecule is Cc1cccc(C)c1-c1nc(-c2[c-]cc3c(c2)-c2ccccc2C3(C)C)nc2ccccc12.[Ir].[c-]1ccsc1-c1nc2ccccc2s1. The molecule has 3 heterocycles. The van der Waals surface area contributed by atoms with Gasteiger partial charge >= 0.3 is 0 Å². The fraction of sp³-hybridized carbons (Fsp3) is 0.119. The average Bonchev–Trinajstić information content (AvgIpc) is 3.83. The largest absolute Gasteiger partial charge is 0.299 e. The second-order valence-electron chi connectivity index (χ2n) is 12.4. The molecule has 5 aromatic carbocycles. The van der Waals surface area contributed by atoms with Gasteiger partial charge in [0.15, 0.2) is 0 Å². The van der Waals surface area contributed by atoms with Crippen molar-refractivity contribution >= 4 is 43.8 Å². The molecule has 0 fully saturated rings. The van der Waals surface area contributed by atoms with E-state index in [0.717, 1.165) is 43.4 Å². The molecule has 0 unspecified atom stereocenters. The van der Waals surface area contributed by atoms with Crippen LogP contribution in [-0.4, -0.2) is 15.0 Å². The summed E-state index contributed by atoms with van der Waals surface area (Å²) < 4.78 is 1.24. The number of benzene rings is 5. The molecule has 0 saturated carbocycles. The van der Waals surface area contributed by atoms with Crippen molar-refractivity contribution < 1.29 is 20.1 Å². The Morgan fingerprint density at radius 2 is 1.42 bits per heavy atom. The molecule has 9 rings (SSSR count). The number of aryl methyl sites for hydroxylation is 2. The Hall–Kier alpha value is -4.32. The summed E-state index contributed by atoms with van der Waals surface area (Å²) in [6, 6.07) is 44.6. The van der Waals surface area contributed by atoms with E-state index in [4.69, 9.17) is 9.97 Å². The van der Waals surface area contributed by atoms with Gasteiger partial charge in [0.05, 0.1) is 22.6 Å². The third kappa shape index (κ3) is 5.63.